The summed E-state index contributed by atoms with van der Waals surface area (Å²) in [6.07, 6.45) is 0. The average molecular weight is 376 g/mol. The molecule has 4 heteroatoms. The second kappa shape index (κ2) is 8.01. The van der Waals surface area contributed by atoms with Crippen LogP contribution >= 0.6 is 0 Å². The third kappa shape index (κ3) is 4.16. The summed E-state index contributed by atoms with van der Waals surface area (Å²) in [5.41, 5.74) is 6.83. The van der Waals surface area contributed by atoms with Gasteiger partial charge in [0, 0.05) is 11.6 Å². The van der Waals surface area contributed by atoms with Crippen LogP contribution in [0.25, 0.3) is 16.9 Å². The molecule has 3 aromatic rings. The zero-order valence-corrected chi connectivity index (χ0v) is 17.6. The molecular formula is C24H29N3O. The summed E-state index contributed by atoms with van der Waals surface area (Å²) in [5, 5.41) is 7.90. The lowest BCUT2D eigenvalue weighted by molar-refractivity contribution is 0.0922. The van der Waals surface area contributed by atoms with Gasteiger partial charge < -0.3 is 5.32 Å². The van der Waals surface area contributed by atoms with E-state index in [4.69, 9.17) is 5.10 Å². The summed E-state index contributed by atoms with van der Waals surface area (Å²) < 4.78 is 1.75. The van der Waals surface area contributed by atoms with Gasteiger partial charge >= 0.3 is 0 Å². The first-order valence-electron chi connectivity index (χ1n) is 9.82. The molecule has 2 aromatic carbocycles. The van der Waals surface area contributed by atoms with Gasteiger partial charge in [-0.1, -0.05) is 38.1 Å². The van der Waals surface area contributed by atoms with Gasteiger partial charge in [0.1, 0.15) is 5.69 Å². The molecular weight excluding hydrogens is 346 g/mol. The van der Waals surface area contributed by atoms with Crippen LogP contribution in [0.4, 0.5) is 0 Å². The minimum Gasteiger partial charge on any atom is -0.348 e. The highest BCUT2D eigenvalue weighted by molar-refractivity contribution is 5.94. The number of hydrogen-bond acceptors (Lipinski definition) is 2. The summed E-state index contributed by atoms with van der Waals surface area (Å²) >= 11 is 0. The first-order valence-corrected chi connectivity index (χ1v) is 9.82. The van der Waals surface area contributed by atoms with Crippen LogP contribution in [0, 0.1) is 26.7 Å². The number of nitrogens with zero attached hydrogens (tertiary/aromatic N) is 2. The highest BCUT2D eigenvalue weighted by Crippen LogP contribution is 2.24. The molecule has 1 aromatic heterocycles. The number of nitrogens with one attached hydrogen (secondary N) is 1. The number of amides is 1. The molecule has 4 nitrogen and oxygen atoms in total. The largest absolute Gasteiger partial charge is 0.348 e. The summed E-state index contributed by atoms with van der Waals surface area (Å²) in [5.74, 6) is 0.254. The van der Waals surface area contributed by atoms with Gasteiger partial charge in [0.2, 0.25) is 0 Å². The molecule has 0 aliphatic heterocycles. The Morgan fingerprint density at radius 3 is 2.36 bits per heavy atom. The van der Waals surface area contributed by atoms with Crippen LogP contribution in [0.1, 0.15) is 48.0 Å². The van der Waals surface area contributed by atoms with E-state index in [-0.39, 0.29) is 11.9 Å². The van der Waals surface area contributed by atoms with Gasteiger partial charge in [-0.2, -0.15) is 5.10 Å². The highest BCUT2D eigenvalue weighted by Gasteiger charge is 2.20. The molecule has 1 N–H and O–H groups in total. The van der Waals surface area contributed by atoms with Gasteiger partial charge in [0.05, 0.1) is 11.4 Å². The van der Waals surface area contributed by atoms with Crippen molar-refractivity contribution in [2.75, 3.05) is 0 Å². The molecule has 0 spiro atoms. The van der Waals surface area contributed by atoms with Crippen LogP contribution in [0.2, 0.25) is 0 Å². The Labute approximate surface area is 167 Å². The lowest BCUT2D eigenvalue weighted by atomic mass is 10.0. The van der Waals surface area contributed by atoms with Crippen molar-refractivity contribution in [3.8, 4) is 16.9 Å². The van der Waals surface area contributed by atoms with Gasteiger partial charge in [-0.25, -0.2) is 4.68 Å². The van der Waals surface area contributed by atoms with Gasteiger partial charge in [-0.05, 0) is 74.6 Å². The second-order valence-electron chi connectivity index (χ2n) is 7.97. The lowest BCUT2D eigenvalue weighted by Crippen LogP contribution is -2.37. The van der Waals surface area contributed by atoms with Crippen LogP contribution in [-0.4, -0.2) is 21.7 Å². The maximum absolute atomic E-state index is 13.0. The minimum atomic E-state index is -0.106. The molecule has 28 heavy (non-hydrogen) atoms. The number of benzene rings is 2. The van der Waals surface area contributed by atoms with E-state index in [1.54, 1.807) is 4.68 Å². The minimum absolute atomic E-state index is 0.0819. The molecule has 0 radical (unpaired) electrons. The Morgan fingerprint density at radius 2 is 1.71 bits per heavy atom. The number of hydrogen-bond donors (Lipinski definition) is 1. The Kier molecular flexibility index (Phi) is 5.68. The van der Waals surface area contributed by atoms with Gasteiger partial charge in [0.25, 0.3) is 5.91 Å². The number of aromatic nitrogens is 2. The van der Waals surface area contributed by atoms with Crippen molar-refractivity contribution in [3.05, 3.63) is 70.9 Å². The van der Waals surface area contributed by atoms with Crippen LogP contribution in [0.15, 0.2) is 48.5 Å². The summed E-state index contributed by atoms with van der Waals surface area (Å²) in [6, 6.07) is 16.3. The number of carbonyl (C=O) groups is 1. The van der Waals surface area contributed by atoms with Crippen LogP contribution in [0.3, 0.4) is 0 Å². The van der Waals surface area contributed by atoms with Crippen molar-refractivity contribution in [2.24, 2.45) is 5.92 Å². The summed E-state index contributed by atoms with van der Waals surface area (Å²) in [6.45, 7) is 12.5. The van der Waals surface area contributed by atoms with Crippen LogP contribution < -0.4 is 5.32 Å². The summed E-state index contributed by atoms with van der Waals surface area (Å²) in [4.78, 5) is 13.0. The van der Waals surface area contributed by atoms with Crippen LogP contribution in [0.5, 0.6) is 0 Å². The fourth-order valence-corrected chi connectivity index (χ4v) is 2.99. The van der Waals surface area contributed by atoms with Crippen molar-refractivity contribution in [1.82, 2.24) is 15.1 Å². The molecule has 0 fully saturated rings. The van der Waals surface area contributed by atoms with Gasteiger partial charge in [-0.3, -0.25) is 4.79 Å². The molecule has 1 atom stereocenters. The van der Waals surface area contributed by atoms with E-state index >= 15 is 0 Å². The van der Waals surface area contributed by atoms with E-state index < -0.39 is 0 Å². The molecule has 1 heterocycles. The van der Waals surface area contributed by atoms with E-state index in [0.29, 0.717) is 11.6 Å². The molecule has 0 aliphatic carbocycles. The quantitative estimate of drug-likeness (QED) is 0.663. The van der Waals surface area contributed by atoms with Crippen LogP contribution in [-0.2, 0) is 0 Å². The topological polar surface area (TPSA) is 46.9 Å². The second-order valence-corrected chi connectivity index (χ2v) is 7.97. The number of rotatable bonds is 5. The van der Waals surface area contributed by atoms with Gasteiger partial charge in [0.15, 0.2) is 0 Å². The van der Waals surface area contributed by atoms with E-state index in [2.05, 4.69) is 51.2 Å². The normalized spacial score (nSPS) is 12.2. The zero-order chi connectivity index (χ0) is 20.4. The maximum atomic E-state index is 13.0. The maximum Gasteiger partial charge on any atom is 0.270 e. The molecule has 0 saturated carbocycles. The average Bonchev–Trinajstić information content (AvgIpc) is 3.09. The molecule has 0 aliphatic rings. The molecule has 3 rings (SSSR count). The standard InChI is InChI=1S/C24H29N3O/c1-15(2)19(6)25-24(28)23-14-22(20-11-10-17(4)18(5)13-20)26-27(23)21-9-7-8-16(3)12-21/h7-15,19H,1-6H3,(H,25,28)/t19-/m1/s1. The first-order chi connectivity index (χ1) is 13.3. The fourth-order valence-electron chi connectivity index (χ4n) is 2.99. The summed E-state index contributed by atoms with van der Waals surface area (Å²) in [7, 11) is 0. The zero-order valence-electron chi connectivity index (χ0n) is 17.6. The van der Waals surface area contributed by atoms with Crippen molar-refractivity contribution < 1.29 is 4.79 Å². The SMILES string of the molecule is Cc1cccc(-n2nc(-c3ccc(C)c(C)c3)cc2C(=O)N[C@H](C)C(C)C)c1. The number of aryl methyl sites for hydroxylation is 3. The van der Waals surface area contributed by atoms with E-state index in [1.165, 1.54) is 11.1 Å². The third-order valence-corrected chi connectivity index (χ3v) is 5.35. The molecule has 1 amide bonds. The Morgan fingerprint density at radius 1 is 0.964 bits per heavy atom. The number of carbonyl (C=O) groups excluding carboxylic acids is 1. The fraction of sp³-hybridized carbons (Fsp3) is 0.333. The third-order valence-electron chi connectivity index (χ3n) is 5.35. The Bertz CT molecular complexity index is 1000. The predicted octanol–water partition coefficient (Wildman–Crippen LogP) is 5.24. The van der Waals surface area contributed by atoms with E-state index in [9.17, 15) is 4.79 Å². The van der Waals surface area contributed by atoms with E-state index in [1.807, 2.05) is 44.2 Å². The predicted molar refractivity (Wildman–Crippen MR) is 115 cm³/mol. The monoisotopic (exact) mass is 375 g/mol. The lowest BCUT2D eigenvalue weighted by Gasteiger charge is -2.17. The van der Waals surface area contributed by atoms with Crippen molar-refractivity contribution in [3.63, 3.8) is 0 Å². The van der Waals surface area contributed by atoms with Gasteiger partial charge in [-0.15, -0.1) is 0 Å². The molecule has 146 valence electrons. The van der Waals surface area contributed by atoms with Crippen molar-refractivity contribution in [1.29, 1.82) is 0 Å². The van der Waals surface area contributed by atoms with Crippen molar-refractivity contribution in [2.45, 2.75) is 47.6 Å². The Balaban J connectivity index is 2.09. The Hall–Kier alpha value is -2.88. The van der Waals surface area contributed by atoms with E-state index in [0.717, 1.165) is 22.5 Å². The molecule has 0 unspecified atom stereocenters. The van der Waals surface area contributed by atoms with Crippen molar-refractivity contribution >= 4 is 5.91 Å². The molecule has 0 saturated heterocycles. The molecule has 0 bridgehead atoms. The smallest absolute Gasteiger partial charge is 0.270 e. The highest BCUT2D eigenvalue weighted by atomic mass is 16.2. The first kappa shape index (κ1) is 19.9.